The molecule has 8 heteroatoms. The van der Waals surface area contributed by atoms with Crippen LogP contribution in [0.4, 0.5) is 5.69 Å². The average Bonchev–Trinajstić information content (AvgIpc) is 3.12. The SMILES string of the molecule is COc1cc(C=Nc2ccc3[nH]c(=O)[nH]c3c2)ccc1OC(=O)c1ccc(Cl)cc1. The van der Waals surface area contributed by atoms with Gasteiger partial charge in [-0.3, -0.25) is 4.99 Å². The fourth-order valence-corrected chi connectivity index (χ4v) is 2.97. The second-order valence-corrected chi connectivity index (χ2v) is 6.81. The summed E-state index contributed by atoms with van der Waals surface area (Å²) >= 11 is 5.84. The average molecular weight is 422 g/mol. The number of hydrogen-bond donors (Lipinski definition) is 2. The minimum atomic E-state index is -0.514. The highest BCUT2D eigenvalue weighted by atomic mass is 35.5. The van der Waals surface area contributed by atoms with Crippen molar-refractivity contribution in [3.05, 3.63) is 87.3 Å². The summed E-state index contributed by atoms with van der Waals surface area (Å²) in [5.41, 5.74) is 2.94. The maximum atomic E-state index is 12.3. The van der Waals surface area contributed by atoms with Gasteiger partial charge >= 0.3 is 11.7 Å². The van der Waals surface area contributed by atoms with Gasteiger partial charge in [-0.1, -0.05) is 11.6 Å². The zero-order valence-corrected chi connectivity index (χ0v) is 16.6. The third-order valence-corrected chi connectivity index (χ3v) is 4.58. The number of esters is 1. The van der Waals surface area contributed by atoms with Crippen LogP contribution >= 0.6 is 11.6 Å². The molecule has 0 unspecified atom stereocenters. The third-order valence-electron chi connectivity index (χ3n) is 4.33. The molecule has 0 amide bonds. The Balaban J connectivity index is 1.53. The number of benzene rings is 3. The van der Waals surface area contributed by atoms with Gasteiger partial charge < -0.3 is 19.4 Å². The van der Waals surface area contributed by atoms with Crippen molar-refractivity contribution in [2.45, 2.75) is 0 Å². The smallest absolute Gasteiger partial charge is 0.343 e. The summed E-state index contributed by atoms with van der Waals surface area (Å²) < 4.78 is 10.8. The van der Waals surface area contributed by atoms with E-state index in [0.29, 0.717) is 38.8 Å². The summed E-state index contributed by atoms with van der Waals surface area (Å²) in [6.45, 7) is 0. The standard InChI is InChI=1S/C22H16ClN3O4/c1-29-20-10-13(12-24-16-7-8-17-18(11-16)26-22(28)25-17)2-9-19(20)30-21(27)14-3-5-15(23)6-4-14/h2-12H,1H3,(H2,25,26,28). The van der Waals surface area contributed by atoms with E-state index in [1.54, 1.807) is 66.9 Å². The fraction of sp³-hybridized carbons (Fsp3) is 0.0455. The van der Waals surface area contributed by atoms with Crippen molar-refractivity contribution in [2.75, 3.05) is 7.11 Å². The number of aliphatic imine (C=N–C) groups is 1. The number of rotatable bonds is 5. The molecule has 4 rings (SSSR count). The molecule has 150 valence electrons. The van der Waals surface area contributed by atoms with E-state index >= 15 is 0 Å². The fourth-order valence-electron chi connectivity index (χ4n) is 2.84. The van der Waals surface area contributed by atoms with Crippen LogP contribution in [0.1, 0.15) is 15.9 Å². The van der Waals surface area contributed by atoms with Crippen LogP contribution in [-0.4, -0.2) is 29.3 Å². The van der Waals surface area contributed by atoms with Gasteiger partial charge in [0.05, 0.1) is 29.4 Å². The molecule has 0 radical (unpaired) electrons. The Morgan fingerprint density at radius 2 is 1.73 bits per heavy atom. The number of carbonyl (C=O) groups is 1. The molecule has 0 fully saturated rings. The molecule has 4 aromatic rings. The van der Waals surface area contributed by atoms with Crippen LogP contribution in [0.25, 0.3) is 11.0 Å². The second kappa shape index (κ2) is 8.26. The minimum absolute atomic E-state index is 0.264. The number of aromatic amines is 2. The predicted molar refractivity (Wildman–Crippen MR) is 116 cm³/mol. The number of carbonyl (C=O) groups excluding carboxylic acids is 1. The molecule has 0 aliphatic carbocycles. The van der Waals surface area contributed by atoms with Crippen molar-refractivity contribution in [2.24, 2.45) is 4.99 Å². The normalized spacial score (nSPS) is 11.1. The molecule has 0 aliphatic rings. The molecular formula is C22H16ClN3O4. The van der Waals surface area contributed by atoms with E-state index in [9.17, 15) is 9.59 Å². The van der Waals surface area contributed by atoms with Crippen LogP contribution in [0.3, 0.4) is 0 Å². The molecule has 0 bridgehead atoms. The molecule has 0 spiro atoms. The molecule has 0 saturated heterocycles. The van der Waals surface area contributed by atoms with Crippen molar-refractivity contribution < 1.29 is 14.3 Å². The Kier molecular flexibility index (Phi) is 5.36. The number of imidazole rings is 1. The number of hydrogen-bond acceptors (Lipinski definition) is 5. The summed E-state index contributed by atoms with van der Waals surface area (Å²) in [5.74, 6) is 0.174. The van der Waals surface area contributed by atoms with Gasteiger partial charge in [0, 0.05) is 11.2 Å². The van der Waals surface area contributed by atoms with Gasteiger partial charge in [-0.15, -0.1) is 0 Å². The number of ether oxygens (including phenoxy) is 2. The molecule has 3 aromatic carbocycles. The molecule has 1 aromatic heterocycles. The highest BCUT2D eigenvalue weighted by Crippen LogP contribution is 2.29. The summed E-state index contributed by atoms with van der Waals surface area (Å²) in [7, 11) is 1.49. The maximum Gasteiger partial charge on any atom is 0.343 e. The summed E-state index contributed by atoms with van der Waals surface area (Å²) in [6, 6.07) is 16.9. The number of halogens is 1. The number of aromatic nitrogens is 2. The van der Waals surface area contributed by atoms with Crippen LogP contribution in [0, 0.1) is 0 Å². The molecule has 0 saturated carbocycles. The highest BCUT2D eigenvalue weighted by molar-refractivity contribution is 6.30. The van der Waals surface area contributed by atoms with E-state index in [4.69, 9.17) is 21.1 Å². The van der Waals surface area contributed by atoms with Gasteiger partial charge in [-0.2, -0.15) is 0 Å². The summed E-state index contributed by atoms with van der Waals surface area (Å²) in [5, 5.41) is 0.537. The van der Waals surface area contributed by atoms with Crippen molar-refractivity contribution in [3.63, 3.8) is 0 Å². The van der Waals surface area contributed by atoms with E-state index in [0.717, 1.165) is 5.56 Å². The first-order valence-electron chi connectivity index (χ1n) is 8.94. The van der Waals surface area contributed by atoms with Gasteiger partial charge in [-0.25, -0.2) is 9.59 Å². The Labute approximate surface area is 175 Å². The molecule has 1 heterocycles. The van der Waals surface area contributed by atoms with Gasteiger partial charge in [0.2, 0.25) is 0 Å². The number of nitrogens with one attached hydrogen (secondary N) is 2. The van der Waals surface area contributed by atoms with E-state index in [1.165, 1.54) is 7.11 Å². The number of methoxy groups -OCH3 is 1. The monoisotopic (exact) mass is 421 g/mol. The van der Waals surface area contributed by atoms with E-state index in [2.05, 4.69) is 15.0 Å². The van der Waals surface area contributed by atoms with Gasteiger partial charge in [-0.05, 0) is 66.2 Å². The number of H-pyrrole nitrogens is 2. The molecule has 7 nitrogen and oxygen atoms in total. The van der Waals surface area contributed by atoms with Gasteiger partial charge in [0.15, 0.2) is 11.5 Å². The number of nitrogens with zero attached hydrogens (tertiary/aromatic N) is 1. The first-order chi connectivity index (χ1) is 14.5. The summed E-state index contributed by atoms with van der Waals surface area (Å²) in [6.07, 6.45) is 1.65. The van der Waals surface area contributed by atoms with Crippen LogP contribution in [0.15, 0.2) is 70.5 Å². The zero-order valence-electron chi connectivity index (χ0n) is 15.8. The minimum Gasteiger partial charge on any atom is -0.493 e. The number of fused-ring (bicyclic) bond motifs is 1. The van der Waals surface area contributed by atoms with Crippen molar-refractivity contribution in [1.82, 2.24) is 9.97 Å². The Bertz CT molecular complexity index is 1310. The topological polar surface area (TPSA) is 96.5 Å². The lowest BCUT2D eigenvalue weighted by Crippen LogP contribution is -2.09. The Morgan fingerprint density at radius 3 is 2.50 bits per heavy atom. The van der Waals surface area contributed by atoms with E-state index in [-0.39, 0.29) is 5.69 Å². The first kappa shape index (κ1) is 19.5. The first-order valence-corrected chi connectivity index (χ1v) is 9.31. The van der Waals surface area contributed by atoms with Crippen LogP contribution in [0.5, 0.6) is 11.5 Å². The largest absolute Gasteiger partial charge is 0.493 e. The molecule has 2 N–H and O–H groups in total. The highest BCUT2D eigenvalue weighted by Gasteiger charge is 2.13. The lowest BCUT2D eigenvalue weighted by molar-refractivity contribution is 0.0729. The Hall–Kier alpha value is -3.84. The van der Waals surface area contributed by atoms with Crippen molar-refractivity contribution in [3.8, 4) is 11.5 Å². The molecule has 0 aliphatic heterocycles. The van der Waals surface area contributed by atoms with Crippen molar-refractivity contribution in [1.29, 1.82) is 0 Å². The second-order valence-electron chi connectivity index (χ2n) is 6.37. The Morgan fingerprint density at radius 1 is 0.967 bits per heavy atom. The summed E-state index contributed by atoms with van der Waals surface area (Å²) in [4.78, 5) is 33.5. The van der Waals surface area contributed by atoms with Gasteiger partial charge in [0.25, 0.3) is 0 Å². The van der Waals surface area contributed by atoms with E-state index in [1.807, 2.05) is 0 Å². The lowest BCUT2D eigenvalue weighted by Gasteiger charge is -2.10. The predicted octanol–water partition coefficient (Wildman–Crippen LogP) is 4.49. The molecular weight excluding hydrogens is 406 g/mol. The lowest BCUT2D eigenvalue weighted by atomic mass is 10.2. The molecule has 30 heavy (non-hydrogen) atoms. The van der Waals surface area contributed by atoms with Gasteiger partial charge in [0.1, 0.15) is 0 Å². The maximum absolute atomic E-state index is 12.3. The van der Waals surface area contributed by atoms with Crippen LogP contribution in [0.2, 0.25) is 5.02 Å². The zero-order chi connectivity index (χ0) is 21.1. The third kappa shape index (κ3) is 4.26. The van der Waals surface area contributed by atoms with Crippen LogP contribution < -0.4 is 15.2 Å². The van der Waals surface area contributed by atoms with Crippen molar-refractivity contribution >= 4 is 40.5 Å². The molecule has 0 atom stereocenters. The van der Waals surface area contributed by atoms with E-state index < -0.39 is 5.97 Å². The quantitative estimate of drug-likeness (QED) is 0.282. The van der Waals surface area contributed by atoms with Crippen LogP contribution in [-0.2, 0) is 0 Å².